The van der Waals surface area contributed by atoms with Crippen LogP contribution in [0.3, 0.4) is 0 Å². The Bertz CT molecular complexity index is 750. The van der Waals surface area contributed by atoms with Crippen LogP contribution in [-0.4, -0.2) is 9.97 Å². The molecular formula is C17H17N3. The van der Waals surface area contributed by atoms with Crippen molar-refractivity contribution in [2.45, 2.75) is 20.4 Å². The average Bonchev–Trinajstić information content (AvgIpc) is 2.46. The van der Waals surface area contributed by atoms with E-state index in [4.69, 9.17) is 4.98 Å². The van der Waals surface area contributed by atoms with Gasteiger partial charge in [-0.15, -0.1) is 0 Å². The van der Waals surface area contributed by atoms with Gasteiger partial charge in [0.2, 0.25) is 0 Å². The molecule has 0 aliphatic rings. The van der Waals surface area contributed by atoms with Gasteiger partial charge in [-0.1, -0.05) is 30.3 Å². The van der Waals surface area contributed by atoms with Gasteiger partial charge in [-0.2, -0.15) is 0 Å². The Morgan fingerprint density at radius 1 is 0.850 bits per heavy atom. The van der Waals surface area contributed by atoms with Crippen molar-refractivity contribution in [3.8, 4) is 0 Å². The third-order valence-corrected chi connectivity index (χ3v) is 3.43. The Balaban J connectivity index is 1.87. The average molecular weight is 263 g/mol. The predicted molar refractivity (Wildman–Crippen MR) is 82.8 cm³/mol. The second-order valence-corrected chi connectivity index (χ2v) is 4.91. The molecular weight excluding hydrogens is 246 g/mol. The number of benzene rings is 2. The van der Waals surface area contributed by atoms with E-state index >= 15 is 0 Å². The largest absolute Gasteiger partial charge is 0.379 e. The molecule has 0 radical (unpaired) electrons. The Hall–Kier alpha value is -2.42. The molecule has 0 atom stereocenters. The SMILES string of the molecule is Cc1ccccc1NCc1nc2ccccc2nc1C. The molecule has 1 N–H and O–H groups in total. The predicted octanol–water partition coefficient (Wildman–Crippen LogP) is 3.86. The summed E-state index contributed by atoms with van der Waals surface area (Å²) in [7, 11) is 0. The van der Waals surface area contributed by atoms with Crippen molar-refractivity contribution in [3.05, 3.63) is 65.5 Å². The van der Waals surface area contributed by atoms with Crippen LogP contribution < -0.4 is 5.32 Å². The molecule has 3 nitrogen and oxygen atoms in total. The second kappa shape index (κ2) is 5.29. The van der Waals surface area contributed by atoms with Gasteiger partial charge in [0.25, 0.3) is 0 Å². The molecule has 3 heteroatoms. The molecule has 0 amide bonds. The standard InChI is InChI=1S/C17H17N3/c1-12-7-3-4-8-14(12)18-11-17-13(2)19-15-9-5-6-10-16(15)20-17/h3-10,18H,11H2,1-2H3. The van der Waals surface area contributed by atoms with E-state index in [0.717, 1.165) is 28.1 Å². The van der Waals surface area contributed by atoms with E-state index in [0.29, 0.717) is 6.54 Å². The fourth-order valence-corrected chi connectivity index (χ4v) is 2.24. The molecule has 0 aliphatic heterocycles. The number of aryl methyl sites for hydroxylation is 2. The van der Waals surface area contributed by atoms with Crippen LogP contribution in [0.15, 0.2) is 48.5 Å². The van der Waals surface area contributed by atoms with Crippen LogP contribution in [-0.2, 0) is 6.54 Å². The fraction of sp³-hybridized carbons (Fsp3) is 0.176. The van der Waals surface area contributed by atoms with Gasteiger partial charge in [0.1, 0.15) is 0 Å². The van der Waals surface area contributed by atoms with Crippen LogP contribution in [0.5, 0.6) is 0 Å². The minimum absolute atomic E-state index is 0.689. The van der Waals surface area contributed by atoms with E-state index < -0.39 is 0 Å². The van der Waals surface area contributed by atoms with E-state index in [-0.39, 0.29) is 0 Å². The zero-order chi connectivity index (χ0) is 13.9. The van der Waals surface area contributed by atoms with Crippen molar-refractivity contribution >= 4 is 16.7 Å². The first-order valence-corrected chi connectivity index (χ1v) is 6.76. The van der Waals surface area contributed by atoms with Crippen molar-refractivity contribution in [2.75, 3.05) is 5.32 Å². The van der Waals surface area contributed by atoms with Crippen LogP contribution in [0.4, 0.5) is 5.69 Å². The number of fused-ring (bicyclic) bond motifs is 1. The number of aromatic nitrogens is 2. The third-order valence-electron chi connectivity index (χ3n) is 3.43. The maximum Gasteiger partial charge on any atom is 0.0891 e. The minimum Gasteiger partial charge on any atom is -0.379 e. The maximum atomic E-state index is 4.69. The summed E-state index contributed by atoms with van der Waals surface area (Å²) in [5.41, 5.74) is 6.24. The Morgan fingerprint density at radius 3 is 2.25 bits per heavy atom. The molecule has 1 aromatic heterocycles. The summed E-state index contributed by atoms with van der Waals surface area (Å²) in [6, 6.07) is 16.2. The molecule has 2 aromatic carbocycles. The number of para-hydroxylation sites is 3. The normalized spacial score (nSPS) is 10.7. The van der Waals surface area contributed by atoms with Gasteiger partial charge in [-0.05, 0) is 37.6 Å². The maximum absolute atomic E-state index is 4.69. The fourth-order valence-electron chi connectivity index (χ4n) is 2.24. The van der Waals surface area contributed by atoms with Crippen LogP contribution in [0.2, 0.25) is 0 Å². The highest BCUT2D eigenvalue weighted by atomic mass is 14.9. The van der Waals surface area contributed by atoms with Crippen LogP contribution in [0, 0.1) is 13.8 Å². The molecule has 0 spiro atoms. The van der Waals surface area contributed by atoms with Gasteiger partial charge in [0.05, 0.1) is 29.0 Å². The zero-order valence-electron chi connectivity index (χ0n) is 11.7. The van der Waals surface area contributed by atoms with Gasteiger partial charge in [0.15, 0.2) is 0 Å². The summed E-state index contributed by atoms with van der Waals surface area (Å²) < 4.78 is 0. The Kier molecular flexibility index (Phi) is 3.33. The molecule has 20 heavy (non-hydrogen) atoms. The van der Waals surface area contributed by atoms with Crippen molar-refractivity contribution in [3.63, 3.8) is 0 Å². The lowest BCUT2D eigenvalue weighted by molar-refractivity contribution is 0.996. The van der Waals surface area contributed by atoms with E-state index in [9.17, 15) is 0 Å². The van der Waals surface area contributed by atoms with Crippen LogP contribution >= 0.6 is 0 Å². The van der Waals surface area contributed by atoms with Gasteiger partial charge in [-0.25, -0.2) is 9.97 Å². The van der Waals surface area contributed by atoms with E-state index in [1.54, 1.807) is 0 Å². The summed E-state index contributed by atoms with van der Waals surface area (Å²) in [6.45, 7) is 4.80. The Morgan fingerprint density at radius 2 is 1.50 bits per heavy atom. The lowest BCUT2D eigenvalue weighted by Crippen LogP contribution is -2.06. The topological polar surface area (TPSA) is 37.8 Å². The van der Waals surface area contributed by atoms with Crippen molar-refractivity contribution in [1.29, 1.82) is 0 Å². The first-order valence-electron chi connectivity index (χ1n) is 6.76. The number of nitrogens with zero attached hydrogens (tertiary/aromatic N) is 2. The number of hydrogen-bond acceptors (Lipinski definition) is 3. The van der Waals surface area contributed by atoms with Crippen molar-refractivity contribution < 1.29 is 0 Å². The molecule has 0 bridgehead atoms. The third kappa shape index (κ3) is 2.48. The highest BCUT2D eigenvalue weighted by Crippen LogP contribution is 2.16. The molecule has 1 heterocycles. The molecule has 0 saturated carbocycles. The van der Waals surface area contributed by atoms with Crippen molar-refractivity contribution in [1.82, 2.24) is 9.97 Å². The Labute approximate surface area is 118 Å². The lowest BCUT2D eigenvalue weighted by Gasteiger charge is -2.11. The van der Waals surface area contributed by atoms with Gasteiger partial charge < -0.3 is 5.32 Å². The van der Waals surface area contributed by atoms with Gasteiger partial charge in [0, 0.05) is 5.69 Å². The molecule has 0 fully saturated rings. The first kappa shape index (κ1) is 12.6. The van der Waals surface area contributed by atoms with Gasteiger partial charge in [-0.3, -0.25) is 0 Å². The highest BCUT2D eigenvalue weighted by molar-refractivity contribution is 5.74. The first-order chi connectivity index (χ1) is 9.74. The second-order valence-electron chi connectivity index (χ2n) is 4.91. The summed E-state index contributed by atoms with van der Waals surface area (Å²) in [6.07, 6.45) is 0. The summed E-state index contributed by atoms with van der Waals surface area (Å²) in [5, 5.41) is 3.43. The minimum atomic E-state index is 0.689. The quantitative estimate of drug-likeness (QED) is 0.779. The molecule has 3 aromatic rings. The van der Waals surface area contributed by atoms with Crippen molar-refractivity contribution in [2.24, 2.45) is 0 Å². The van der Waals surface area contributed by atoms with Crippen LogP contribution in [0.25, 0.3) is 11.0 Å². The number of hydrogen-bond donors (Lipinski definition) is 1. The number of anilines is 1. The monoisotopic (exact) mass is 263 g/mol. The highest BCUT2D eigenvalue weighted by Gasteiger charge is 2.05. The molecule has 0 aliphatic carbocycles. The molecule has 0 unspecified atom stereocenters. The van der Waals surface area contributed by atoms with E-state index in [1.165, 1.54) is 5.56 Å². The van der Waals surface area contributed by atoms with Gasteiger partial charge >= 0.3 is 0 Å². The smallest absolute Gasteiger partial charge is 0.0891 e. The number of nitrogens with one attached hydrogen (secondary N) is 1. The van der Waals surface area contributed by atoms with Crippen LogP contribution in [0.1, 0.15) is 17.0 Å². The molecule has 3 rings (SSSR count). The summed E-state index contributed by atoms with van der Waals surface area (Å²) >= 11 is 0. The molecule has 100 valence electrons. The lowest BCUT2D eigenvalue weighted by atomic mass is 10.2. The summed E-state index contributed by atoms with van der Waals surface area (Å²) in [4.78, 5) is 9.30. The molecule has 0 saturated heterocycles. The van der Waals surface area contributed by atoms with E-state index in [1.807, 2.05) is 43.3 Å². The summed E-state index contributed by atoms with van der Waals surface area (Å²) in [5.74, 6) is 0. The number of rotatable bonds is 3. The zero-order valence-corrected chi connectivity index (χ0v) is 11.7. The van der Waals surface area contributed by atoms with E-state index in [2.05, 4.69) is 29.4 Å².